The minimum atomic E-state index is 0.540. The maximum absolute atomic E-state index is 5.11. The van der Waals surface area contributed by atoms with E-state index >= 15 is 0 Å². The van der Waals surface area contributed by atoms with Gasteiger partial charge in [-0.1, -0.05) is 24.3 Å². The fourth-order valence-corrected chi connectivity index (χ4v) is 4.69. The first-order valence-electron chi connectivity index (χ1n) is 10.1. The molecule has 4 aromatic rings. The molecule has 2 aliphatic heterocycles. The predicted molar refractivity (Wildman–Crippen MR) is 114 cm³/mol. The summed E-state index contributed by atoms with van der Waals surface area (Å²) in [5.41, 5.74) is 5.14. The molecular weight excluding hydrogens is 360 g/mol. The molecule has 1 N–H and O–H groups in total. The highest BCUT2D eigenvalue weighted by atomic mass is 15.3. The van der Waals surface area contributed by atoms with Crippen molar-refractivity contribution < 1.29 is 0 Å². The van der Waals surface area contributed by atoms with Crippen LogP contribution in [0.3, 0.4) is 0 Å². The first kappa shape index (κ1) is 16.7. The van der Waals surface area contributed by atoms with Crippen LogP contribution in [0.1, 0.15) is 12.0 Å². The Kier molecular flexibility index (Phi) is 3.67. The Morgan fingerprint density at radius 2 is 1.86 bits per heavy atom. The van der Waals surface area contributed by atoms with E-state index < -0.39 is 0 Å². The molecule has 144 valence electrons. The summed E-state index contributed by atoms with van der Waals surface area (Å²) >= 11 is 0. The number of aromatic nitrogens is 4. The molecule has 0 spiro atoms. The third kappa shape index (κ3) is 2.63. The number of nitrogens with zero attached hydrogens (tertiary/aromatic N) is 5. The number of fused-ring (bicyclic) bond motifs is 3. The molecule has 2 saturated heterocycles. The number of benzene rings is 1. The molecule has 0 unspecified atom stereocenters. The largest absolute Gasteiger partial charge is 0.351 e. The Balaban J connectivity index is 1.58. The van der Waals surface area contributed by atoms with Crippen molar-refractivity contribution in [1.82, 2.24) is 24.8 Å². The van der Waals surface area contributed by atoms with Crippen LogP contribution in [-0.4, -0.2) is 44.7 Å². The van der Waals surface area contributed by atoms with Crippen LogP contribution < -0.4 is 10.2 Å². The van der Waals surface area contributed by atoms with Crippen molar-refractivity contribution in [2.45, 2.75) is 25.4 Å². The molecule has 2 aliphatic rings. The van der Waals surface area contributed by atoms with Crippen LogP contribution in [0, 0.1) is 6.92 Å². The number of aryl methyl sites for hydroxylation is 1. The molecule has 0 saturated carbocycles. The SMILES string of the molecule is Cc1ccccc1-c1nc2ccc(N3C[C@H]4C[C@@H]3CN4)nc2n1-c1ccncc1. The van der Waals surface area contributed by atoms with Gasteiger partial charge in [0.05, 0.1) is 5.69 Å². The summed E-state index contributed by atoms with van der Waals surface area (Å²) in [5, 5.41) is 3.57. The highest BCUT2D eigenvalue weighted by molar-refractivity contribution is 5.82. The van der Waals surface area contributed by atoms with Gasteiger partial charge in [0.25, 0.3) is 0 Å². The number of hydrogen-bond donors (Lipinski definition) is 1. The molecule has 2 fully saturated rings. The monoisotopic (exact) mass is 382 g/mol. The first-order valence-corrected chi connectivity index (χ1v) is 10.1. The topological polar surface area (TPSA) is 58.9 Å². The Morgan fingerprint density at radius 1 is 1.00 bits per heavy atom. The van der Waals surface area contributed by atoms with Crippen LogP contribution in [0.15, 0.2) is 60.9 Å². The lowest BCUT2D eigenvalue weighted by molar-refractivity contribution is 0.577. The Morgan fingerprint density at radius 3 is 2.62 bits per heavy atom. The molecule has 0 radical (unpaired) electrons. The molecule has 2 bridgehead atoms. The summed E-state index contributed by atoms with van der Waals surface area (Å²) in [7, 11) is 0. The second-order valence-corrected chi connectivity index (χ2v) is 7.95. The van der Waals surface area contributed by atoms with E-state index in [1.165, 1.54) is 12.0 Å². The molecule has 2 atom stereocenters. The van der Waals surface area contributed by atoms with Crippen LogP contribution in [0.25, 0.3) is 28.2 Å². The molecule has 5 heterocycles. The molecule has 6 nitrogen and oxygen atoms in total. The van der Waals surface area contributed by atoms with Gasteiger partial charge < -0.3 is 10.2 Å². The summed E-state index contributed by atoms with van der Waals surface area (Å²) in [6, 6.07) is 17.8. The minimum absolute atomic E-state index is 0.540. The molecule has 0 amide bonds. The molecular formula is C23H22N6. The fourth-order valence-electron chi connectivity index (χ4n) is 4.69. The summed E-state index contributed by atoms with van der Waals surface area (Å²) in [6.07, 6.45) is 4.84. The highest BCUT2D eigenvalue weighted by Crippen LogP contribution is 2.33. The van der Waals surface area contributed by atoms with Gasteiger partial charge in [0.15, 0.2) is 5.65 Å². The number of piperazine rings is 1. The number of rotatable bonds is 3. The van der Waals surface area contributed by atoms with E-state index in [9.17, 15) is 0 Å². The lowest BCUT2D eigenvalue weighted by Gasteiger charge is -2.28. The number of nitrogens with one attached hydrogen (secondary N) is 1. The molecule has 29 heavy (non-hydrogen) atoms. The quantitative estimate of drug-likeness (QED) is 0.589. The Labute approximate surface area is 169 Å². The van der Waals surface area contributed by atoms with E-state index in [0.29, 0.717) is 12.1 Å². The second kappa shape index (κ2) is 6.39. The van der Waals surface area contributed by atoms with Crippen LogP contribution >= 0.6 is 0 Å². The summed E-state index contributed by atoms with van der Waals surface area (Å²) in [4.78, 5) is 16.7. The van der Waals surface area contributed by atoms with E-state index in [4.69, 9.17) is 9.97 Å². The molecule has 6 rings (SSSR count). The third-order valence-corrected chi connectivity index (χ3v) is 6.15. The van der Waals surface area contributed by atoms with Crippen molar-refractivity contribution in [3.05, 3.63) is 66.5 Å². The summed E-state index contributed by atoms with van der Waals surface area (Å²) in [5.74, 6) is 1.96. The highest BCUT2D eigenvalue weighted by Gasteiger charge is 2.38. The maximum Gasteiger partial charge on any atom is 0.167 e. The Hall–Kier alpha value is -3.25. The fraction of sp³-hybridized carbons (Fsp3) is 0.261. The van der Waals surface area contributed by atoms with E-state index in [1.807, 2.05) is 24.5 Å². The smallest absolute Gasteiger partial charge is 0.167 e. The molecule has 3 aromatic heterocycles. The lowest BCUT2D eigenvalue weighted by Crippen LogP contribution is -2.44. The van der Waals surface area contributed by atoms with Crippen LogP contribution in [0.4, 0.5) is 5.82 Å². The van der Waals surface area contributed by atoms with E-state index in [-0.39, 0.29) is 0 Å². The van der Waals surface area contributed by atoms with Crippen LogP contribution in [0.2, 0.25) is 0 Å². The van der Waals surface area contributed by atoms with Gasteiger partial charge in [-0.2, -0.15) is 0 Å². The van der Waals surface area contributed by atoms with Gasteiger partial charge in [0, 0.05) is 43.1 Å². The van der Waals surface area contributed by atoms with Gasteiger partial charge in [0.1, 0.15) is 17.2 Å². The van der Waals surface area contributed by atoms with E-state index in [2.05, 4.69) is 63.1 Å². The summed E-state index contributed by atoms with van der Waals surface area (Å²) < 4.78 is 2.16. The minimum Gasteiger partial charge on any atom is -0.351 e. The van der Waals surface area contributed by atoms with E-state index in [0.717, 1.165) is 47.1 Å². The predicted octanol–water partition coefficient (Wildman–Crippen LogP) is 3.34. The molecule has 6 heteroatoms. The maximum atomic E-state index is 5.11. The van der Waals surface area contributed by atoms with Crippen molar-refractivity contribution in [2.24, 2.45) is 0 Å². The molecule has 0 aliphatic carbocycles. The van der Waals surface area contributed by atoms with Crippen molar-refractivity contribution >= 4 is 17.0 Å². The Bertz CT molecular complexity index is 1200. The van der Waals surface area contributed by atoms with Crippen LogP contribution in [-0.2, 0) is 0 Å². The van der Waals surface area contributed by atoms with Gasteiger partial charge >= 0.3 is 0 Å². The van der Waals surface area contributed by atoms with Crippen molar-refractivity contribution in [2.75, 3.05) is 18.0 Å². The number of pyridine rings is 2. The number of imidazole rings is 1. The average Bonchev–Trinajstić information content (AvgIpc) is 3.48. The standard InChI is InChI=1S/C23H22N6/c1-15-4-2-3-5-19(15)22-26-20-6-7-21(28-14-16-12-18(28)13-25-16)27-23(20)29(22)17-8-10-24-11-9-17/h2-11,16,18,25H,12-14H2,1H3/t16-,18-/m1/s1. The first-order chi connectivity index (χ1) is 14.3. The van der Waals surface area contributed by atoms with Gasteiger partial charge in [-0.3, -0.25) is 9.55 Å². The van der Waals surface area contributed by atoms with Gasteiger partial charge in [-0.05, 0) is 43.2 Å². The van der Waals surface area contributed by atoms with Crippen molar-refractivity contribution in [3.63, 3.8) is 0 Å². The normalized spacial score (nSPS) is 20.7. The lowest BCUT2D eigenvalue weighted by atomic mass is 10.1. The van der Waals surface area contributed by atoms with Crippen LogP contribution in [0.5, 0.6) is 0 Å². The van der Waals surface area contributed by atoms with Crippen molar-refractivity contribution in [1.29, 1.82) is 0 Å². The van der Waals surface area contributed by atoms with Crippen molar-refractivity contribution in [3.8, 4) is 17.1 Å². The summed E-state index contributed by atoms with van der Waals surface area (Å²) in [6.45, 7) is 4.19. The number of hydrogen-bond acceptors (Lipinski definition) is 5. The number of anilines is 1. The van der Waals surface area contributed by atoms with Gasteiger partial charge in [-0.25, -0.2) is 9.97 Å². The van der Waals surface area contributed by atoms with E-state index in [1.54, 1.807) is 0 Å². The van der Waals surface area contributed by atoms with Gasteiger partial charge in [-0.15, -0.1) is 0 Å². The second-order valence-electron chi connectivity index (χ2n) is 7.95. The molecule has 1 aromatic carbocycles. The third-order valence-electron chi connectivity index (χ3n) is 6.15. The zero-order valence-electron chi connectivity index (χ0n) is 16.3. The average molecular weight is 382 g/mol. The zero-order chi connectivity index (χ0) is 19.4. The van der Waals surface area contributed by atoms with Gasteiger partial charge in [0.2, 0.25) is 0 Å². The zero-order valence-corrected chi connectivity index (χ0v) is 16.3.